The number of nitrogens with zero attached hydrogens (tertiary/aromatic N) is 4. The summed E-state index contributed by atoms with van der Waals surface area (Å²) in [7, 11) is 0. The molecule has 2 rings (SSSR count). The molecule has 0 saturated heterocycles. The average Bonchev–Trinajstić information content (AvgIpc) is 3.01. The molecular weight excluding hydrogens is 322 g/mol. The smallest absolute Gasteiger partial charge is 0.390 e. The van der Waals surface area contributed by atoms with E-state index in [0.717, 1.165) is 10.2 Å². The first-order valence-electron chi connectivity index (χ1n) is 8.21. The Morgan fingerprint density at radius 3 is 2.28 bits per heavy atom. The summed E-state index contributed by atoms with van der Waals surface area (Å²) in [4.78, 5) is 25.7. The Labute approximate surface area is 146 Å². The SMILES string of the molecule is CC(C)c1ccc([C@@H](NC(=O)Cn2cnc([N+](=O)[O-])n2)C(C)C)cc1. The van der Waals surface area contributed by atoms with Gasteiger partial charge < -0.3 is 15.4 Å². The first-order chi connectivity index (χ1) is 11.8. The maximum absolute atomic E-state index is 12.3. The van der Waals surface area contributed by atoms with E-state index in [9.17, 15) is 14.9 Å². The lowest BCUT2D eigenvalue weighted by Crippen LogP contribution is -2.34. The molecule has 1 aromatic carbocycles. The average molecular weight is 345 g/mol. The zero-order chi connectivity index (χ0) is 18.6. The van der Waals surface area contributed by atoms with Gasteiger partial charge in [-0.15, -0.1) is 0 Å². The van der Waals surface area contributed by atoms with Crippen molar-refractivity contribution in [1.29, 1.82) is 0 Å². The molecule has 8 nitrogen and oxygen atoms in total. The Kier molecular flexibility index (Phi) is 5.84. The molecule has 0 aliphatic rings. The van der Waals surface area contributed by atoms with Crippen LogP contribution < -0.4 is 5.32 Å². The Balaban J connectivity index is 2.07. The van der Waals surface area contributed by atoms with Gasteiger partial charge in [-0.2, -0.15) is 4.68 Å². The van der Waals surface area contributed by atoms with Gasteiger partial charge in [-0.05, 0) is 27.9 Å². The molecule has 1 heterocycles. The van der Waals surface area contributed by atoms with Gasteiger partial charge in [0.1, 0.15) is 6.54 Å². The van der Waals surface area contributed by atoms with Crippen molar-refractivity contribution < 1.29 is 9.72 Å². The topological polar surface area (TPSA) is 103 Å². The standard InChI is InChI=1S/C17H23N5O3/c1-11(2)13-5-7-14(8-6-13)16(12(3)4)19-15(23)9-21-10-18-17(20-21)22(24)25/h5-8,10-12,16H,9H2,1-4H3,(H,19,23)/t16-/m0/s1. The molecular formula is C17H23N5O3. The number of hydrogen-bond donors (Lipinski definition) is 1. The van der Waals surface area contributed by atoms with Gasteiger partial charge in [0.15, 0.2) is 0 Å². The summed E-state index contributed by atoms with van der Waals surface area (Å²) in [5, 5.41) is 17.2. The van der Waals surface area contributed by atoms with E-state index >= 15 is 0 Å². The maximum Gasteiger partial charge on any atom is 0.490 e. The molecule has 1 N–H and O–H groups in total. The monoisotopic (exact) mass is 345 g/mol. The van der Waals surface area contributed by atoms with Gasteiger partial charge in [0.05, 0.1) is 6.04 Å². The largest absolute Gasteiger partial charge is 0.490 e. The van der Waals surface area contributed by atoms with E-state index in [0.29, 0.717) is 5.92 Å². The first kappa shape index (κ1) is 18.6. The van der Waals surface area contributed by atoms with Crippen LogP contribution in [0.15, 0.2) is 30.6 Å². The van der Waals surface area contributed by atoms with Crippen molar-refractivity contribution in [1.82, 2.24) is 20.1 Å². The summed E-state index contributed by atoms with van der Waals surface area (Å²) in [5.74, 6) is -0.146. The lowest BCUT2D eigenvalue weighted by atomic mass is 9.93. The summed E-state index contributed by atoms with van der Waals surface area (Å²) < 4.78 is 1.16. The highest BCUT2D eigenvalue weighted by Crippen LogP contribution is 2.24. The van der Waals surface area contributed by atoms with Crippen LogP contribution in [0.5, 0.6) is 0 Å². The Bertz CT molecular complexity index is 737. The molecule has 0 spiro atoms. The lowest BCUT2D eigenvalue weighted by molar-refractivity contribution is -0.394. The number of rotatable bonds is 7. The van der Waals surface area contributed by atoms with Crippen LogP contribution in [0, 0.1) is 16.0 Å². The molecule has 0 fully saturated rings. The highest BCUT2D eigenvalue weighted by molar-refractivity contribution is 5.76. The third-order valence-electron chi connectivity index (χ3n) is 3.94. The van der Waals surface area contributed by atoms with Gasteiger partial charge in [-0.1, -0.05) is 56.9 Å². The Hall–Kier alpha value is -2.77. The zero-order valence-corrected chi connectivity index (χ0v) is 14.8. The maximum atomic E-state index is 12.3. The lowest BCUT2D eigenvalue weighted by Gasteiger charge is -2.23. The van der Waals surface area contributed by atoms with Gasteiger partial charge in [0.25, 0.3) is 0 Å². The second-order valence-corrected chi connectivity index (χ2v) is 6.61. The molecule has 134 valence electrons. The number of hydrogen-bond acceptors (Lipinski definition) is 5. The van der Waals surface area contributed by atoms with Crippen LogP contribution in [-0.2, 0) is 11.3 Å². The molecule has 1 atom stereocenters. The number of nitrogens with one attached hydrogen (secondary N) is 1. The molecule has 1 amide bonds. The van der Waals surface area contributed by atoms with Crippen LogP contribution in [0.1, 0.15) is 50.8 Å². The van der Waals surface area contributed by atoms with E-state index in [2.05, 4.69) is 41.4 Å². The highest BCUT2D eigenvalue weighted by Gasteiger charge is 2.21. The number of nitro groups is 1. The minimum absolute atomic E-state index is 0.117. The number of aromatic nitrogens is 3. The van der Waals surface area contributed by atoms with Gasteiger partial charge in [-0.3, -0.25) is 4.79 Å². The Morgan fingerprint density at radius 2 is 1.80 bits per heavy atom. The molecule has 0 saturated carbocycles. The quantitative estimate of drug-likeness (QED) is 0.614. The summed E-state index contributed by atoms with van der Waals surface area (Å²) in [6, 6.07) is 8.05. The molecule has 0 aliphatic heterocycles. The van der Waals surface area contributed by atoms with E-state index in [1.54, 1.807) is 0 Å². The van der Waals surface area contributed by atoms with Gasteiger partial charge >= 0.3 is 5.95 Å². The van der Waals surface area contributed by atoms with Crippen LogP contribution in [0.4, 0.5) is 5.95 Å². The zero-order valence-electron chi connectivity index (χ0n) is 14.8. The number of carbonyl (C=O) groups excluding carboxylic acids is 1. The molecule has 2 aromatic rings. The molecule has 0 aliphatic carbocycles. The fourth-order valence-electron chi connectivity index (χ4n) is 2.53. The van der Waals surface area contributed by atoms with E-state index in [-0.39, 0.29) is 24.4 Å². The normalized spacial score (nSPS) is 12.4. The number of benzene rings is 1. The second-order valence-electron chi connectivity index (χ2n) is 6.61. The fraction of sp³-hybridized carbons (Fsp3) is 0.471. The summed E-state index contributed by atoms with van der Waals surface area (Å²) >= 11 is 0. The molecule has 0 bridgehead atoms. The van der Waals surface area contributed by atoms with Crippen LogP contribution in [-0.4, -0.2) is 25.6 Å². The van der Waals surface area contributed by atoms with Crippen LogP contribution in [0.2, 0.25) is 0 Å². The predicted octanol–water partition coefficient (Wildman–Crippen LogP) is 2.82. The third kappa shape index (κ3) is 4.85. The predicted molar refractivity (Wildman–Crippen MR) is 92.9 cm³/mol. The van der Waals surface area contributed by atoms with E-state index in [4.69, 9.17) is 0 Å². The van der Waals surface area contributed by atoms with Crippen molar-refractivity contribution in [2.75, 3.05) is 0 Å². The van der Waals surface area contributed by atoms with E-state index in [1.807, 2.05) is 26.0 Å². The Morgan fingerprint density at radius 1 is 1.20 bits per heavy atom. The fourth-order valence-corrected chi connectivity index (χ4v) is 2.53. The van der Waals surface area contributed by atoms with Crippen molar-refractivity contribution in [3.63, 3.8) is 0 Å². The van der Waals surface area contributed by atoms with Crippen molar-refractivity contribution >= 4 is 11.9 Å². The van der Waals surface area contributed by atoms with Crippen molar-refractivity contribution in [2.45, 2.75) is 46.2 Å². The molecule has 25 heavy (non-hydrogen) atoms. The summed E-state index contributed by atoms with van der Waals surface area (Å²) in [6.45, 7) is 8.21. The van der Waals surface area contributed by atoms with E-state index < -0.39 is 10.9 Å². The van der Waals surface area contributed by atoms with Gasteiger partial charge in [-0.25, -0.2) is 0 Å². The first-order valence-corrected chi connectivity index (χ1v) is 8.21. The molecule has 8 heteroatoms. The summed E-state index contributed by atoms with van der Waals surface area (Å²) in [5.41, 5.74) is 2.27. The molecule has 0 unspecified atom stereocenters. The molecule has 1 aromatic heterocycles. The van der Waals surface area contributed by atoms with Crippen LogP contribution in [0.25, 0.3) is 0 Å². The molecule has 0 radical (unpaired) electrons. The van der Waals surface area contributed by atoms with Crippen LogP contribution in [0.3, 0.4) is 0 Å². The number of carbonyl (C=O) groups is 1. The number of amides is 1. The van der Waals surface area contributed by atoms with Gasteiger partial charge in [0, 0.05) is 5.10 Å². The summed E-state index contributed by atoms with van der Waals surface area (Å²) in [6.07, 6.45) is 1.18. The van der Waals surface area contributed by atoms with Crippen molar-refractivity contribution in [3.05, 3.63) is 51.8 Å². The third-order valence-corrected chi connectivity index (χ3v) is 3.94. The van der Waals surface area contributed by atoms with Gasteiger partial charge in [0.2, 0.25) is 12.2 Å². The van der Waals surface area contributed by atoms with E-state index in [1.165, 1.54) is 11.9 Å². The minimum Gasteiger partial charge on any atom is -0.390 e. The van der Waals surface area contributed by atoms with Crippen molar-refractivity contribution in [2.24, 2.45) is 5.92 Å². The van der Waals surface area contributed by atoms with Crippen LogP contribution >= 0.6 is 0 Å². The highest BCUT2D eigenvalue weighted by atomic mass is 16.6. The van der Waals surface area contributed by atoms with Crippen molar-refractivity contribution in [3.8, 4) is 0 Å². The second kappa shape index (κ2) is 7.87. The minimum atomic E-state index is -0.693.